The van der Waals surface area contributed by atoms with Gasteiger partial charge in [0.2, 0.25) is 0 Å². The summed E-state index contributed by atoms with van der Waals surface area (Å²) in [6, 6.07) is 4.07. The molecule has 1 aromatic rings. The van der Waals surface area contributed by atoms with Crippen molar-refractivity contribution >= 4 is 23.3 Å². The topological polar surface area (TPSA) is 102 Å². The molecule has 25 heavy (non-hydrogen) atoms. The molecular formula is C17H23N3O5. The summed E-state index contributed by atoms with van der Waals surface area (Å²) >= 11 is 0. The summed E-state index contributed by atoms with van der Waals surface area (Å²) < 4.78 is 5.04. The maximum atomic E-state index is 12.1. The van der Waals surface area contributed by atoms with Crippen molar-refractivity contribution in [3.8, 4) is 0 Å². The molecule has 1 aliphatic rings. The van der Waals surface area contributed by atoms with Gasteiger partial charge in [-0.1, -0.05) is 6.92 Å². The molecule has 0 spiro atoms. The number of likely N-dealkylation sites (tertiary alicyclic amines) is 1. The Morgan fingerprint density at radius 2 is 2.20 bits per heavy atom. The first-order valence-corrected chi connectivity index (χ1v) is 8.39. The van der Waals surface area contributed by atoms with Gasteiger partial charge in [0.15, 0.2) is 6.61 Å². The Hall–Kier alpha value is -2.64. The fourth-order valence-electron chi connectivity index (χ4n) is 2.87. The molecule has 1 saturated heterocycles. The van der Waals surface area contributed by atoms with Crippen molar-refractivity contribution in [2.75, 3.05) is 31.6 Å². The molecule has 1 aromatic carbocycles. The van der Waals surface area contributed by atoms with Crippen LogP contribution >= 0.6 is 0 Å². The number of ether oxygens (including phenoxy) is 1. The van der Waals surface area contributed by atoms with E-state index < -0.39 is 10.9 Å². The third kappa shape index (κ3) is 4.91. The Labute approximate surface area is 146 Å². The zero-order chi connectivity index (χ0) is 18.4. The van der Waals surface area contributed by atoms with E-state index in [0.717, 1.165) is 18.9 Å². The number of carbonyl (C=O) groups is 2. The molecule has 0 bridgehead atoms. The molecule has 1 aliphatic heterocycles. The smallest absolute Gasteiger partial charge is 0.338 e. The first-order chi connectivity index (χ1) is 11.9. The number of nitro benzene ring substituents is 1. The number of esters is 1. The van der Waals surface area contributed by atoms with Gasteiger partial charge in [0.1, 0.15) is 5.69 Å². The lowest BCUT2D eigenvalue weighted by atomic mass is 10.0. The van der Waals surface area contributed by atoms with E-state index in [1.54, 1.807) is 4.90 Å². The van der Waals surface area contributed by atoms with E-state index in [1.807, 2.05) is 6.92 Å². The number of carbonyl (C=O) groups excluding carboxylic acids is 2. The monoisotopic (exact) mass is 349 g/mol. The molecule has 1 heterocycles. The number of hydrogen-bond acceptors (Lipinski definition) is 6. The van der Waals surface area contributed by atoms with Crippen molar-refractivity contribution in [1.82, 2.24) is 4.90 Å². The molecule has 0 aromatic heterocycles. The average Bonchev–Trinajstić information content (AvgIpc) is 2.59. The molecule has 0 unspecified atom stereocenters. The van der Waals surface area contributed by atoms with Gasteiger partial charge in [0.25, 0.3) is 11.6 Å². The summed E-state index contributed by atoms with van der Waals surface area (Å²) in [7, 11) is 0. The molecule has 1 fully saturated rings. The highest BCUT2D eigenvalue weighted by atomic mass is 16.6. The summed E-state index contributed by atoms with van der Waals surface area (Å²) in [5.41, 5.74) is 0.183. The summed E-state index contributed by atoms with van der Waals surface area (Å²) in [4.78, 5) is 36.5. The normalized spacial score (nSPS) is 17.0. The Kier molecular flexibility index (Phi) is 6.32. The maximum absolute atomic E-state index is 12.1. The Bertz CT molecular complexity index is 662. The zero-order valence-corrected chi connectivity index (χ0v) is 14.5. The Morgan fingerprint density at radius 3 is 2.84 bits per heavy atom. The van der Waals surface area contributed by atoms with Crippen LogP contribution in [0.4, 0.5) is 11.4 Å². The van der Waals surface area contributed by atoms with Gasteiger partial charge in [-0.2, -0.15) is 0 Å². The summed E-state index contributed by atoms with van der Waals surface area (Å²) in [6.45, 7) is 5.40. The largest absolute Gasteiger partial charge is 0.452 e. The van der Waals surface area contributed by atoms with Crippen molar-refractivity contribution in [3.63, 3.8) is 0 Å². The lowest BCUT2D eigenvalue weighted by Crippen LogP contribution is -2.41. The van der Waals surface area contributed by atoms with Crippen molar-refractivity contribution in [2.45, 2.75) is 26.7 Å². The van der Waals surface area contributed by atoms with Gasteiger partial charge in [0, 0.05) is 25.7 Å². The number of amides is 1. The number of hydrogen-bond donors (Lipinski definition) is 1. The van der Waals surface area contributed by atoms with Crippen molar-refractivity contribution in [3.05, 3.63) is 33.9 Å². The van der Waals surface area contributed by atoms with E-state index in [1.165, 1.54) is 12.1 Å². The van der Waals surface area contributed by atoms with E-state index in [9.17, 15) is 19.7 Å². The summed E-state index contributed by atoms with van der Waals surface area (Å²) in [5.74, 6) is -0.544. The number of benzene rings is 1. The van der Waals surface area contributed by atoms with Crippen LogP contribution in [-0.4, -0.2) is 47.9 Å². The third-order valence-electron chi connectivity index (χ3n) is 4.13. The van der Waals surface area contributed by atoms with Crippen LogP contribution in [0.15, 0.2) is 18.2 Å². The minimum absolute atomic E-state index is 0.0492. The molecule has 1 amide bonds. The van der Waals surface area contributed by atoms with Gasteiger partial charge < -0.3 is 15.0 Å². The van der Waals surface area contributed by atoms with Gasteiger partial charge in [-0.15, -0.1) is 0 Å². The zero-order valence-electron chi connectivity index (χ0n) is 14.5. The molecule has 0 saturated carbocycles. The van der Waals surface area contributed by atoms with Crippen molar-refractivity contribution in [1.29, 1.82) is 0 Å². The molecule has 0 aliphatic carbocycles. The predicted molar refractivity (Wildman–Crippen MR) is 92.5 cm³/mol. The Balaban J connectivity index is 1.99. The lowest BCUT2D eigenvalue weighted by Gasteiger charge is -2.30. The molecule has 136 valence electrons. The third-order valence-corrected chi connectivity index (χ3v) is 4.13. The fraction of sp³-hybridized carbons (Fsp3) is 0.529. The number of nitro groups is 1. The Morgan fingerprint density at radius 1 is 1.44 bits per heavy atom. The highest BCUT2D eigenvalue weighted by Gasteiger charge is 2.23. The van der Waals surface area contributed by atoms with Crippen molar-refractivity contribution in [2.24, 2.45) is 5.92 Å². The SMILES string of the molecule is CCNc1ccc(C(=O)OCC(=O)N2CCC[C@H](C)C2)cc1[N+](=O)[O-]. The number of anilines is 1. The van der Waals surface area contributed by atoms with Gasteiger partial charge in [0.05, 0.1) is 10.5 Å². The first kappa shape index (κ1) is 18.7. The van der Waals surface area contributed by atoms with Gasteiger partial charge in [-0.3, -0.25) is 14.9 Å². The number of nitrogens with zero attached hydrogens (tertiary/aromatic N) is 2. The molecule has 2 rings (SSSR count). The summed E-state index contributed by atoms with van der Waals surface area (Å²) in [5, 5.41) is 14.0. The highest BCUT2D eigenvalue weighted by molar-refractivity contribution is 5.93. The molecule has 1 N–H and O–H groups in total. The predicted octanol–water partition coefficient (Wildman–Crippen LogP) is 2.44. The van der Waals surface area contributed by atoms with Crippen LogP contribution in [0.3, 0.4) is 0 Å². The minimum atomic E-state index is -0.746. The van der Waals surface area contributed by atoms with Crippen molar-refractivity contribution < 1.29 is 19.2 Å². The van der Waals surface area contributed by atoms with E-state index >= 15 is 0 Å². The van der Waals surface area contributed by atoms with Crippen LogP contribution in [0, 0.1) is 16.0 Å². The van der Waals surface area contributed by atoms with Crippen LogP contribution in [0.1, 0.15) is 37.0 Å². The highest BCUT2D eigenvalue weighted by Crippen LogP contribution is 2.25. The standard InChI is InChI=1S/C17H23N3O5/c1-3-18-14-7-6-13(9-15(14)20(23)24)17(22)25-11-16(21)19-8-4-5-12(2)10-19/h6-7,9,12,18H,3-5,8,10-11H2,1-2H3/t12-/m0/s1. The van der Waals surface area contributed by atoms with Gasteiger partial charge in [-0.25, -0.2) is 4.79 Å². The second-order valence-corrected chi connectivity index (χ2v) is 6.18. The summed E-state index contributed by atoms with van der Waals surface area (Å²) in [6.07, 6.45) is 2.03. The van der Waals surface area contributed by atoms with Crippen LogP contribution < -0.4 is 5.32 Å². The fourth-order valence-corrected chi connectivity index (χ4v) is 2.87. The molecular weight excluding hydrogens is 326 g/mol. The number of rotatable bonds is 6. The second kappa shape index (κ2) is 8.46. The second-order valence-electron chi connectivity index (χ2n) is 6.18. The number of nitrogens with one attached hydrogen (secondary N) is 1. The van der Waals surface area contributed by atoms with Crippen LogP contribution in [0.25, 0.3) is 0 Å². The quantitative estimate of drug-likeness (QED) is 0.481. The molecule has 1 atom stereocenters. The van der Waals surface area contributed by atoms with E-state index in [0.29, 0.717) is 31.2 Å². The van der Waals surface area contributed by atoms with Crippen LogP contribution in [0.2, 0.25) is 0 Å². The molecule has 0 radical (unpaired) electrons. The first-order valence-electron chi connectivity index (χ1n) is 8.39. The molecule has 8 nitrogen and oxygen atoms in total. The van der Waals surface area contributed by atoms with E-state index in [4.69, 9.17) is 4.74 Å². The number of piperidine rings is 1. The minimum Gasteiger partial charge on any atom is -0.452 e. The van der Waals surface area contributed by atoms with Gasteiger partial charge >= 0.3 is 5.97 Å². The lowest BCUT2D eigenvalue weighted by molar-refractivity contribution is -0.384. The van der Waals surface area contributed by atoms with Gasteiger partial charge in [-0.05, 0) is 37.8 Å². The van der Waals surface area contributed by atoms with E-state index in [-0.39, 0.29) is 23.8 Å². The van der Waals surface area contributed by atoms with Crippen LogP contribution in [-0.2, 0) is 9.53 Å². The molecule has 8 heteroatoms. The van der Waals surface area contributed by atoms with Crippen LogP contribution in [0.5, 0.6) is 0 Å². The average molecular weight is 349 g/mol. The maximum Gasteiger partial charge on any atom is 0.338 e. The van der Waals surface area contributed by atoms with E-state index in [2.05, 4.69) is 12.2 Å².